The monoisotopic (exact) mass is 363 g/mol. The number of rotatable bonds is 4. The summed E-state index contributed by atoms with van der Waals surface area (Å²) in [5.74, 6) is -1.29. The van der Waals surface area contributed by atoms with Crippen LogP contribution in [0.25, 0.3) is 0 Å². The van der Waals surface area contributed by atoms with E-state index in [1.165, 1.54) is 18.4 Å². The fourth-order valence-electron chi connectivity index (χ4n) is 3.08. The lowest BCUT2D eigenvalue weighted by Gasteiger charge is -2.06. The molecular weight excluding hydrogens is 346 g/mol. The molecule has 0 saturated carbocycles. The fraction of sp³-hybridized carbons (Fsp3) is 0.400. The number of hydrogen-bond donors (Lipinski definition) is 2. The van der Waals surface area contributed by atoms with Gasteiger partial charge in [0.1, 0.15) is 11.2 Å². The fourth-order valence-corrected chi connectivity index (χ4v) is 4.37. The highest BCUT2D eigenvalue weighted by molar-refractivity contribution is 7.17. The highest BCUT2D eigenvalue weighted by atomic mass is 32.1. The molecule has 0 spiro atoms. The predicted molar refractivity (Wildman–Crippen MR) is 91.9 cm³/mol. The number of amides is 2. The first kappa shape index (κ1) is 17.1. The molecule has 132 valence electrons. The van der Waals surface area contributed by atoms with Gasteiger partial charge in [-0.2, -0.15) is 5.10 Å². The highest BCUT2D eigenvalue weighted by Gasteiger charge is 2.29. The molecular formula is C15H17N5O4S. The van der Waals surface area contributed by atoms with Crippen LogP contribution in [-0.2, 0) is 19.9 Å². The summed E-state index contributed by atoms with van der Waals surface area (Å²) in [5.41, 5.74) is 6.17. The normalized spacial score (nSPS) is 13.8. The zero-order chi connectivity index (χ0) is 18.1. The average molecular weight is 363 g/mol. The third-order valence-corrected chi connectivity index (χ3v) is 5.43. The number of nitrogens with zero attached hydrogens (tertiary/aromatic N) is 3. The molecule has 0 aromatic carbocycles. The van der Waals surface area contributed by atoms with Crippen LogP contribution < -0.4 is 11.1 Å². The van der Waals surface area contributed by atoms with E-state index in [9.17, 15) is 19.7 Å². The summed E-state index contributed by atoms with van der Waals surface area (Å²) in [6.45, 7) is 0. The molecule has 0 bridgehead atoms. The Kier molecular flexibility index (Phi) is 4.53. The lowest BCUT2D eigenvalue weighted by atomic mass is 10.1. The lowest BCUT2D eigenvalue weighted by Crippen LogP contribution is -2.20. The van der Waals surface area contributed by atoms with Crippen LogP contribution in [0.4, 0.5) is 10.7 Å². The minimum atomic E-state index is -0.689. The van der Waals surface area contributed by atoms with E-state index in [-0.39, 0.29) is 5.69 Å². The molecule has 2 aromatic heterocycles. The Morgan fingerprint density at radius 2 is 2.08 bits per heavy atom. The number of anilines is 1. The third kappa shape index (κ3) is 3.12. The maximum Gasteiger partial charge on any atom is 0.320 e. The molecule has 10 heteroatoms. The third-order valence-electron chi connectivity index (χ3n) is 4.23. The number of aryl methyl sites for hydroxylation is 2. The number of primary amides is 1. The molecule has 0 radical (unpaired) electrons. The van der Waals surface area contributed by atoms with Gasteiger partial charge < -0.3 is 11.1 Å². The predicted octanol–water partition coefficient (Wildman–Crippen LogP) is 2.01. The van der Waals surface area contributed by atoms with E-state index in [2.05, 4.69) is 10.4 Å². The van der Waals surface area contributed by atoms with E-state index < -0.39 is 22.4 Å². The Morgan fingerprint density at radius 1 is 1.36 bits per heavy atom. The summed E-state index contributed by atoms with van der Waals surface area (Å²) in [7, 11) is 1.44. The minimum absolute atomic E-state index is 0.177. The minimum Gasteiger partial charge on any atom is -0.365 e. The highest BCUT2D eigenvalue weighted by Crippen LogP contribution is 2.37. The van der Waals surface area contributed by atoms with Crippen LogP contribution in [-0.4, -0.2) is 26.5 Å². The number of nitro groups is 1. The van der Waals surface area contributed by atoms with Gasteiger partial charge in [-0.25, -0.2) is 0 Å². The summed E-state index contributed by atoms with van der Waals surface area (Å²) in [6, 6.07) is 0. The first-order chi connectivity index (χ1) is 11.9. The second-order valence-electron chi connectivity index (χ2n) is 5.85. The zero-order valence-electron chi connectivity index (χ0n) is 13.6. The van der Waals surface area contributed by atoms with Crippen molar-refractivity contribution >= 4 is 33.8 Å². The van der Waals surface area contributed by atoms with Gasteiger partial charge in [0.05, 0.1) is 10.5 Å². The molecule has 0 atom stereocenters. The van der Waals surface area contributed by atoms with E-state index >= 15 is 0 Å². The van der Waals surface area contributed by atoms with E-state index in [4.69, 9.17) is 5.73 Å². The van der Waals surface area contributed by atoms with Crippen molar-refractivity contribution in [2.24, 2.45) is 12.8 Å². The van der Waals surface area contributed by atoms with Gasteiger partial charge in [-0.15, -0.1) is 11.3 Å². The van der Waals surface area contributed by atoms with Crippen LogP contribution in [0.15, 0.2) is 6.20 Å². The van der Waals surface area contributed by atoms with Crippen molar-refractivity contribution in [1.29, 1.82) is 0 Å². The number of carbonyl (C=O) groups is 2. The molecule has 0 fully saturated rings. The Bertz CT molecular complexity index is 870. The molecule has 2 amide bonds. The molecule has 1 aliphatic rings. The summed E-state index contributed by atoms with van der Waals surface area (Å²) < 4.78 is 1.13. The van der Waals surface area contributed by atoms with Crippen LogP contribution in [0, 0.1) is 10.1 Å². The molecule has 0 unspecified atom stereocenters. The number of carbonyl (C=O) groups excluding carboxylic acids is 2. The molecule has 25 heavy (non-hydrogen) atoms. The molecule has 2 heterocycles. The van der Waals surface area contributed by atoms with E-state index in [1.54, 1.807) is 0 Å². The quantitative estimate of drug-likeness (QED) is 0.487. The summed E-state index contributed by atoms with van der Waals surface area (Å²) in [4.78, 5) is 35.9. The molecule has 0 aliphatic heterocycles. The Hall–Kier alpha value is -2.75. The van der Waals surface area contributed by atoms with Crippen molar-refractivity contribution in [3.05, 3.63) is 38.0 Å². The standard InChI is InChI=1S/C15H17N5O4S/c1-19-12(9(7-17-19)20(23)24)14(22)18-15-11(13(16)21)8-5-3-2-4-6-10(8)25-15/h7H,2-6H2,1H3,(H2,16,21)(H,18,22). The van der Waals surface area contributed by atoms with Crippen LogP contribution in [0.5, 0.6) is 0 Å². The Balaban J connectivity index is 1.98. The topological polar surface area (TPSA) is 133 Å². The molecule has 0 saturated heterocycles. The van der Waals surface area contributed by atoms with Gasteiger partial charge in [-0.05, 0) is 31.2 Å². The van der Waals surface area contributed by atoms with Gasteiger partial charge in [0.2, 0.25) is 5.69 Å². The molecule has 3 N–H and O–H groups in total. The number of aromatic nitrogens is 2. The number of nitrogens with one attached hydrogen (secondary N) is 1. The number of nitrogens with two attached hydrogens (primary N) is 1. The maximum absolute atomic E-state index is 12.6. The van der Waals surface area contributed by atoms with Crippen molar-refractivity contribution in [1.82, 2.24) is 9.78 Å². The summed E-state index contributed by atoms with van der Waals surface area (Å²) in [6.07, 6.45) is 5.67. The van der Waals surface area contributed by atoms with Gasteiger partial charge in [0, 0.05) is 11.9 Å². The Morgan fingerprint density at radius 3 is 2.76 bits per heavy atom. The zero-order valence-corrected chi connectivity index (χ0v) is 14.4. The second-order valence-corrected chi connectivity index (χ2v) is 6.95. The maximum atomic E-state index is 12.6. The first-order valence-electron chi connectivity index (χ1n) is 7.82. The van der Waals surface area contributed by atoms with Crippen molar-refractivity contribution in [2.75, 3.05) is 5.32 Å². The van der Waals surface area contributed by atoms with Crippen molar-refractivity contribution in [3.63, 3.8) is 0 Å². The largest absolute Gasteiger partial charge is 0.365 e. The number of hydrogen-bond acceptors (Lipinski definition) is 6. The molecule has 9 nitrogen and oxygen atoms in total. The second kappa shape index (κ2) is 6.63. The van der Waals surface area contributed by atoms with Crippen LogP contribution >= 0.6 is 11.3 Å². The van der Waals surface area contributed by atoms with E-state index in [0.29, 0.717) is 10.6 Å². The van der Waals surface area contributed by atoms with E-state index in [0.717, 1.165) is 53.4 Å². The van der Waals surface area contributed by atoms with Crippen molar-refractivity contribution < 1.29 is 14.5 Å². The van der Waals surface area contributed by atoms with Crippen molar-refractivity contribution in [2.45, 2.75) is 32.1 Å². The summed E-state index contributed by atoms with van der Waals surface area (Å²) >= 11 is 1.32. The van der Waals surface area contributed by atoms with Gasteiger partial charge in [0.15, 0.2) is 0 Å². The lowest BCUT2D eigenvalue weighted by molar-refractivity contribution is -0.385. The Labute approximate surface area is 147 Å². The van der Waals surface area contributed by atoms with Crippen molar-refractivity contribution in [3.8, 4) is 0 Å². The van der Waals surface area contributed by atoms with Crippen LogP contribution in [0.1, 0.15) is 50.5 Å². The SMILES string of the molecule is Cn1ncc([N+](=O)[O-])c1C(=O)Nc1sc2c(c1C(N)=O)CCCCC2. The molecule has 2 aromatic rings. The average Bonchev–Trinajstić information content (AvgIpc) is 3.00. The van der Waals surface area contributed by atoms with E-state index in [1.807, 2.05) is 0 Å². The van der Waals surface area contributed by atoms with Gasteiger partial charge in [-0.1, -0.05) is 6.42 Å². The summed E-state index contributed by atoms with van der Waals surface area (Å²) in [5, 5.41) is 17.8. The van der Waals surface area contributed by atoms with Gasteiger partial charge >= 0.3 is 5.69 Å². The molecule has 3 rings (SSSR count). The van der Waals surface area contributed by atoms with Gasteiger partial charge in [-0.3, -0.25) is 24.4 Å². The van der Waals surface area contributed by atoms with Gasteiger partial charge in [0.25, 0.3) is 11.8 Å². The number of fused-ring (bicyclic) bond motifs is 1. The molecule has 1 aliphatic carbocycles. The smallest absolute Gasteiger partial charge is 0.320 e. The number of thiophene rings is 1. The van der Waals surface area contributed by atoms with Crippen LogP contribution in [0.3, 0.4) is 0 Å². The first-order valence-corrected chi connectivity index (χ1v) is 8.64. The van der Waals surface area contributed by atoms with Crippen LogP contribution in [0.2, 0.25) is 0 Å².